The summed E-state index contributed by atoms with van der Waals surface area (Å²) in [6.45, 7) is 0.0175. The van der Waals surface area contributed by atoms with E-state index in [1.54, 1.807) is 60.7 Å². The number of ether oxygens (including phenoxy) is 6. The van der Waals surface area contributed by atoms with Crippen LogP contribution in [0, 0.1) is 0 Å². The summed E-state index contributed by atoms with van der Waals surface area (Å²) < 4.78 is 94.0. The van der Waals surface area contributed by atoms with E-state index in [1.807, 2.05) is 48.5 Å². The first-order valence-electron chi connectivity index (χ1n) is 27.7. The van der Waals surface area contributed by atoms with E-state index in [0.717, 1.165) is 38.3 Å². The minimum Gasteiger partial charge on any atom is -0.478 e. The average Bonchev–Trinajstić information content (AvgIpc) is 1.73. The van der Waals surface area contributed by atoms with Gasteiger partial charge in [-0.25, -0.2) is 14.8 Å². The third kappa shape index (κ3) is 16.4. The maximum Gasteiger partial charge on any atom is 0.335 e. The number of hydrogen-bond donors (Lipinski definition) is 10. The summed E-state index contributed by atoms with van der Waals surface area (Å²) in [5.74, 6) is -4.09. The molecule has 4 aliphatic rings. The molecule has 8 aromatic rings. The van der Waals surface area contributed by atoms with E-state index in [4.69, 9.17) is 77.3 Å². The lowest BCUT2D eigenvalue weighted by Gasteiger charge is -2.20. The van der Waals surface area contributed by atoms with Gasteiger partial charge in [-0.05, 0) is 58.7 Å². The summed E-state index contributed by atoms with van der Waals surface area (Å²) in [4.78, 5) is 70.7. The number of rotatable bonds is 20. The third-order valence-corrected chi connectivity index (χ3v) is 16.6. The van der Waals surface area contributed by atoms with Gasteiger partial charge in [-0.3, -0.25) is 23.5 Å². The van der Waals surface area contributed by atoms with E-state index in [-0.39, 0.29) is 80.5 Å². The molecule has 91 heavy (non-hydrogen) atoms. The molecule has 3 amide bonds. The van der Waals surface area contributed by atoms with Crippen LogP contribution < -0.4 is 26.3 Å². The number of carbonyl (C=O) groups is 4. The van der Waals surface area contributed by atoms with E-state index in [2.05, 4.69) is 35.2 Å². The fraction of sp³-hybridized carbons (Fsp3) is 0.310. The van der Waals surface area contributed by atoms with Crippen molar-refractivity contribution in [2.24, 2.45) is 11.5 Å². The molecule has 29 nitrogen and oxygen atoms in total. The van der Waals surface area contributed by atoms with E-state index in [1.165, 1.54) is 0 Å². The van der Waals surface area contributed by atoms with Crippen LogP contribution in [0.4, 0.5) is 0 Å². The normalized spacial score (nSPS) is 20.9. The van der Waals surface area contributed by atoms with Crippen molar-refractivity contribution in [3.8, 4) is 56.8 Å². The molecule has 4 aromatic heterocycles. The standard InChI is InChI=1S/C29H28ClN5O9S.C25H20ClN3O6.C4H10N2O4S/c30-19-11-20-27(34-29(32-20)44-22-14-43-25-21(36)13-42-26(22)25)33-24(19)17-5-1-15(2-6-17)16-3-7-18(8-4-16)28(38)35(12-23(31)37)9-10-45(39,40)41;26-16-9-17-23(29-25(27-17)35-19-11-34-21-18(30)10-33-22(19)21)28-20(16)14-5-1-12(2-6-14)13-3-7-15(8-4-13)24(31)32;5-4(7)3-6-1-2-11(8,9)10/h1-8,11,21-22,25-26,36H,9-10,12-14H2,(H2,31,37)(H,32,33,34)(H,39,40,41);1-9,18-19,21-22,30H,10-11H2,(H,31,32)(H,27,28,29);6H,1-3H2,(H2,5,7)(H,8,9,10)/t21-,22-,25-,26-;18-,19-,21-,22-;/m11./s1. The summed E-state index contributed by atoms with van der Waals surface area (Å²) in [6.07, 6.45) is -3.69. The Morgan fingerprint density at radius 3 is 1.36 bits per heavy atom. The first kappa shape index (κ1) is 65.7. The van der Waals surface area contributed by atoms with Crippen molar-refractivity contribution in [1.82, 2.24) is 40.1 Å². The molecular weight excluding hydrogens is 1280 g/mol. The number of carboxylic acids is 1. The molecule has 8 heterocycles. The average molecular weight is 1330 g/mol. The van der Waals surface area contributed by atoms with Crippen LogP contribution in [0.1, 0.15) is 20.7 Å². The van der Waals surface area contributed by atoms with Gasteiger partial charge in [-0.2, -0.15) is 26.8 Å². The summed E-state index contributed by atoms with van der Waals surface area (Å²) in [7, 11) is -8.28. The lowest BCUT2D eigenvalue weighted by molar-refractivity contribution is -0.119. The lowest BCUT2D eigenvalue weighted by Crippen LogP contribution is -2.41. The predicted octanol–water partition coefficient (Wildman–Crippen LogP) is 3.17. The number of carboxylic acid groups (broad SMARTS) is 1. The van der Waals surface area contributed by atoms with Gasteiger partial charge in [0.05, 0.1) is 89.1 Å². The number of nitrogens with zero attached hydrogens (tertiary/aromatic N) is 5. The number of nitrogens with one attached hydrogen (secondary N) is 3. The van der Waals surface area contributed by atoms with E-state index >= 15 is 0 Å². The molecule has 0 radical (unpaired) electrons. The number of hydrogen-bond acceptors (Lipinski definition) is 21. The zero-order valence-electron chi connectivity index (χ0n) is 47.5. The number of aliphatic hydroxyl groups is 2. The highest BCUT2D eigenvalue weighted by molar-refractivity contribution is 7.86. The number of primary amides is 2. The molecule has 4 fully saturated rings. The van der Waals surface area contributed by atoms with E-state index in [0.29, 0.717) is 50.4 Å². The highest BCUT2D eigenvalue weighted by Crippen LogP contribution is 2.36. The second-order valence-corrected chi connectivity index (χ2v) is 25.1. The minimum absolute atomic E-state index is 0.0156. The summed E-state index contributed by atoms with van der Waals surface area (Å²) >= 11 is 13.1. The van der Waals surface area contributed by atoms with E-state index in [9.17, 15) is 46.2 Å². The van der Waals surface area contributed by atoms with Crippen LogP contribution in [0.3, 0.4) is 0 Å². The number of aromatic amines is 2. The Balaban J connectivity index is 0.000000175. The van der Waals surface area contributed by atoms with Gasteiger partial charge in [0.25, 0.3) is 38.2 Å². The van der Waals surface area contributed by atoms with Gasteiger partial charge in [0.15, 0.2) is 23.5 Å². The number of fused-ring (bicyclic) bond motifs is 4. The molecule has 4 saturated heterocycles. The number of nitrogens with two attached hydrogens (primary N) is 2. The summed E-state index contributed by atoms with van der Waals surface area (Å²) in [5, 5.41) is 32.2. The monoisotopic (exact) mass is 1330 g/mol. The second-order valence-electron chi connectivity index (χ2n) is 21.1. The van der Waals surface area contributed by atoms with Crippen molar-refractivity contribution in [3.05, 3.63) is 130 Å². The Morgan fingerprint density at radius 2 is 0.967 bits per heavy atom. The SMILES string of the molecule is NC(=O)CN(CCS(=O)(=O)O)C(=O)c1ccc(-c2ccc(-c3nc4nc(O[C@@H]5CO[C@H]6[C@@H]5OC[C@H]6O)[nH]c4cc3Cl)cc2)cc1.NC(=O)CNCCS(=O)(=O)O.O=C(O)c1ccc(-c2ccc(-c3nc4nc(O[C@@H]5CO[C@H]6[C@@H]5OC[C@H]6O)[nH]c4cc3Cl)cc2)cc1. The number of carbonyl (C=O) groups excluding carboxylic acids is 3. The van der Waals surface area contributed by atoms with Crippen molar-refractivity contribution in [2.45, 2.75) is 48.8 Å². The van der Waals surface area contributed by atoms with Gasteiger partial charge in [-0.1, -0.05) is 96.0 Å². The molecule has 4 aliphatic heterocycles. The van der Waals surface area contributed by atoms with Crippen molar-refractivity contribution in [2.75, 3.05) is 64.1 Å². The zero-order valence-corrected chi connectivity index (χ0v) is 50.6. The molecule has 33 heteroatoms. The summed E-state index contributed by atoms with van der Waals surface area (Å²) in [6, 6.07) is 32.3. The smallest absolute Gasteiger partial charge is 0.335 e. The Kier molecular flexibility index (Phi) is 20.3. The maximum absolute atomic E-state index is 12.9. The molecule has 0 bridgehead atoms. The molecule has 8 atom stereocenters. The van der Waals surface area contributed by atoms with Crippen LogP contribution in [0.15, 0.2) is 109 Å². The van der Waals surface area contributed by atoms with Gasteiger partial charge in [0, 0.05) is 29.8 Å². The number of aliphatic hydroxyl groups excluding tert-OH is 2. The molecule has 4 aromatic carbocycles. The third-order valence-electron chi connectivity index (χ3n) is 14.6. The number of imidazole rings is 2. The minimum atomic E-state index is -4.34. The van der Waals surface area contributed by atoms with Crippen molar-refractivity contribution >= 4 is 89.5 Å². The molecule has 0 aliphatic carbocycles. The van der Waals surface area contributed by atoms with Gasteiger partial charge < -0.3 is 75.4 Å². The number of H-pyrrole nitrogens is 2. The van der Waals surface area contributed by atoms with Gasteiger partial charge in [0.2, 0.25) is 11.8 Å². The van der Waals surface area contributed by atoms with Gasteiger partial charge in [-0.15, -0.1) is 0 Å². The highest BCUT2D eigenvalue weighted by Gasteiger charge is 2.50. The fourth-order valence-corrected chi connectivity index (χ4v) is 11.6. The summed E-state index contributed by atoms with van der Waals surface area (Å²) in [5.41, 5.74) is 18.6. The Hall–Kier alpha value is -8.28. The van der Waals surface area contributed by atoms with Gasteiger partial charge in [0.1, 0.15) is 36.6 Å². The molecule has 12 rings (SSSR count). The first-order chi connectivity index (χ1) is 43.3. The van der Waals surface area contributed by atoms with Crippen LogP contribution in [0.5, 0.6) is 12.0 Å². The van der Waals surface area contributed by atoms with Crippen molar-refractivity contribution in [1.29, 1.82) is 0 Å². The van der Waals surface area contributed by atoms with Crippen LogP contribution in [-0.4, -0.2) is 213 Å². The van der Waals surface area contributed by atoms with Crippen molar-refractivity contribution < 1.29 is 88.9 Å². The number of aromatic carboxylic acids is 1. The number of aromatic nitrogens is 6. The Labute approximate surface area is 527 Å². The number of pyridine rings is 2. The van der Waals surface area contributed by atoms with E-state index < -0.39 is 92.9 Å². The maximum atomic E-state index is 12.9. The quantitative estimate of drug-likeness (QED) is 0.0387. The molecule has 12 N–H and O–H groups in total. The molecule has 480 valence electrons. The molecular formula is C58H58Cl2N10O19S2. The Bertz CT molecular complexity index is 4210. The topological polar surface area (TPSA) is 444 Å². The molecule has 0 spiro atoms. The largest absolute Gasteiger partial charge is 0.478 e. The molecule has 0 unspecified atom stereocenters. The number of amides is 3. The molecule has 0 saturated carbocycles. The predicted molar refractivity (Wildman–Crippen MR) is 326 cm³/mol. The first-order valence-corrected chi connectivity index (χ1v) is 31.7. The number of benzene rings is 4. The van der Waals surface area contributed by atoms with Crippen LogP contribution in [-0.2, 0) is 48.8 Å². The highest BCUT2D eigenvalue weighted by atomic mass is 35.5. The van der Waals surface area contributed by atoms with Crippen LogP contribution in [0.2, 0.25) is 10.0 Å². The lowest BCUT2D eigenvalue weighted by atomic mass is 10.0. The number of halogens is 2. The zero-order chi connectivity index (χ0) is 64.9. The van der Waals surface area contributed by atoms with Crippen molar-refractivity contribution in [3.63, 3.8) is 0 Å². The van der Waals surface area contributed by atoms with Gasteiger partial charge >= 0.3 is 5.97 Å². The fourth-order valence-electron chi connectivity index (χ4n) is 10.2. The second kappa shape index (κ2) is 28.1. The van der Waals surface area contributed by atoms with Crippen LogP contribution >= 0.6 is 23.2 Å². The Morgan fingerprint density at radius 1 is 0.571 bits per heavy atom. The van der Waals surface area contributed by atoms with Crippen LogP contribution in [0.25, 0.3) is 67.1 Å².